The summed E-state index contributed by atoms with van der Waals surface area (Å²) in [5, 5.41) is 9.64. The smallest absolute Gasteiger partial charge is 0.416 e. The molecule has 3 rings (SSSR count). The fourth-order valence-corrected chi connectivity index (χ4v) is 2.17. The maximum atomic E-state index is 12.3. The van der Waals surface area contributed by atoms with Gasteiger partial charge in [-0.25, -0.2) is 0 Å². The van der Waals surface area contributed by atoms with Gasteiger partial charge >= 0.3 is 12.1 Å². The molecule has 1 amide bonds. The number of carbonyl (C=O) groups is 1. The summed E-state index contributed by atoms with van der Waals surface area (Å²) in [6, 6.07) is 13.2. The van der Waals surface area contributed by atoms with E-state index < -0.39 is 12.1 Å². The van der Waals surface area contributed by atoms with Gasteiger partial charge in [-0.1, -0.05) is 23.8 Å². The zero-order valence-corrected chi connectivity index (χ0v) is 13.0. The lowest BCUT2D eigenvalue weighted by Gasteiger charge is -2.08. The molecule has 0 atom stereocenters. The number of nitrogens with one attached hydrogen (secondary N) is 1. The van der Waals surface area contributed by atoms with Crippen molar-refractivity contribution < 1.29 is 22.4 Å². The molecule has 0 bridgehead atoms. The van der Waals surface area contributed by atoms with Crippen LogP contribution in [-0.4, -0.2) is 22.3 Å². The van der Waals surface area contributed by atoms with E-state index in [1.165, 1.54) is 18.2 Å². The minimum atomic E-state index is -4.96. The first-order valence-corrected chi connectivity index (χ1v) is 7.22. The van der Waals surface area contributed by atoms with Crippen molar-refractivity contribution >= 4 is 11.6 Å². The van der Waals surface area contributed by atoms with Crippen molar-refractivity contribution in [3.63, 3.8) is 0 Å². The number of hydrogen-bond donors (Lipinski definition) is 1. The molecule has 0 unspecified atom stereocenters. The molecule has 0 radical (unpaired) electrons. The normalized spacial score (nSPS) is 11.4. The molecule has 1 heterocycles. The van der Waals surface area contributed by atoms with Gasteiger partial charge in [-0.05, 0) is 37.3 Å². The molecule has 25 heavy (non-hydrogen) atoms. The van der Waals surface area contributed by atoms with Gasteiger partial charge in [-0.15, -0.1) is 10.2 Å². The van der Waals surface area contributed by atoms with Gasteiger partial charge in [0.1, 0.15) is 0 Å². The predicted octanol–water partition coefficient (Wildman–Crippen LogP) is 4.21. The Hall–Kier alpha value is -3.16. The number of amides is 1. The van der Waals surface area contributed by atoms with Gasteiger partial charge in [0.25, 0.3) is 0 Å². The molecule has 8 heteroatoms. The molecule has 1 N–H and O–H groups in total. The molecule has 0 aliphatic heterocycles. The first-order valence-electron chi connectivity index (χ1n) is 7.22. The van der Waals surface area contributed by atoms with Crippen LogP contribution in [0.3, 0.4) is 0 Å². The van der Waals surface area contributed by atoms with Gasteiger partial charge in [0, 0.05) is 16.8 Å². The van der Waals surface area contributed by atoms with Gasteiger partial charge in [0.15, 0.2) is 0 Å². The van der Waals surface area contributed by atoms with E-state index in [9.17, 15) is 18.0 Å². The van der Waals surface area contributed by atoms with E-state index >= 15 is 0 Å². The van der Waals surface area contributed by atoms with E-state index in [2.05, 4.69) is 10.2 Å². The number of alkyl halides is 3. The van der Waals surface area contributed by atoms with Crippen LogP contribution in [-0.2, 0) is 4.79 Å². The standard InChI is InChI=1S/C17H12F3N3O2/c1-10-4-2-5-11(8-10)14-22-23-15(25-14)12-6-3-7-13(9-12)21-16(24)17(18,19)20/h2-9H,1H3,(H,21,24). The lowest BCUT2D eigenvalue weighted by molar-refractivity contribution is -0.167. The predicted molar refractivity (Wildman–Crippen MR) is 84.6 cm³/mol. The highest BCUT2D eigenvalue weighted by Crippen LogP contribution is 2.27. The Bertz CT molecular complexity index is 919. The summed E-state index contributed by atoms with van der Waals surface area (Å²) < 4.78 is 42.6. The van der Waals surface area contributed by atoms with E-state index in [0.717, 1.165) is 11.1 Å². The van der Waals surface area contributed by atoms with Crippen LogP contribution in [0, 0.1) is 6.92 Å². The lowest BCUT2D eigenvalue weighted by Crippen LogP contribution is -2.29. The average molecular weight is 347 g/mol. The average Bonchev–Trinajstić information content (AvgIpc) is 3.04. The maximum Gasteiger partial charge on any atom is 0.471 e. The minimum absolute atomic E-state index is 0.0184. The van der Waals surface area contributed by atoms with Crippen LogP contribution in [0.15, 0.2) is 52.9 Å². The molecule has 5 nitrogen and oxygen atoms in total. The maximum absolute atomic E-state index is 12.3. The van der Waals surface area contributed by atoms with E-state index in [4.69, 9.17) is 4.42 Å². The summed E-state index contributed by atoms with van der Waals surface area (Å²) in [6.07, 6.45) is -4.96. The Morgan fingerprint density at radius 3 is 2.20 bits per heavy atom. The van der Waals surface area contributed by atoms with Crippen LogP contribution >= 0.6 is 0 Å². The summed E-state index contributed by atoms with van der Waals surface area (Å²) >= 11 is 0. The highest BCUT2D eigenvalue weighted by Gasteiger charge is 2.38. The van der Waals surface area contributed by atoms with Crippen molar-refractivity contribution in [2.45, 2.75) is 13.1 Å². The van der Waals surface area contributed by atoms with Crippen LogP contribution in [0.2, 0.25) is 0 Å². The van der Waals surface area contributed by atoms with Gasteiger partial charge in [0.05, 0.1) is 0 Å². The van der Waals surface area contributed by atoms with E-state index in [1.54, 1.807) is 11.4 Å². The van der Waals surface area contributed by atoms with Gasteiger partial charge in [0.2, 0.25) is 11.8 Å². The molecule has 1 aromatic heterocycles. The number of hydrogen-bond acceptors (Lipinski definition) is 4. The van der Waals surface area contributed by atoms with E-state index in [0.29, 0.717) is 11.5 Å². The quantitative estimate of drug-likeness (QED) is 0.770. The number of benzene rings is 2. The second-order valence-corrected chi connectivity index (χ2v) is 5.31. The first kappa shape index (κ1) is 16.7. The molecule has 0 saturated carbocycles. The number of halogens is 3. The molecule has 0 aliphatic carbocycles. The Morgan fingerprint density at radius 1 is 1.00 bits per heavy atom. The van der Waals surface area contributed by atoms with E-state index in [-0.39, 0.29) is 11.6 Å². The molecule has 0 saturated heterocycles. The minimum Gasteiger partial charge on any atom is -0.416 e. The molecule has 0 spiro atoms. The Labute approximate surface area is 140 Å². The number of aryl methyl sites for hydroxylation is 1. The fraction of sp³-hybridized carbons (Fsp3) is 0.118. The Kier molecular flexibility index (Phi) is 4.26. The van der Waals surface area contributed by atoms with Crippen molar-refractivity contribution in [1.29, 1.82) is 0 Å². The van der Waals surface area contributed by atoms with Crippen LogP contribution in [0.5, 0.6) is 0 Å². The molecular formula is C17H12F3N3O2. The number of rotatable bonds is 3. The zero-order chi connectivity index (χ0) is 18.0. The second-order valence-electron chi connectivity index (χ2n) is 5.31. The Morgan fingerprint density at radius 2 is 1.60 bits per heavy atom. The van der Waals surface area contributed by atoms with Crippen LogP contribution in [0.4, 0.5) is 18.9 Å². The Balaban J connectivity index is 1.86. The summed E-state index contributed by atoms with van der Waals surface area (Å²) in [4.78, 5) is 11.0. The van der Waals surface area contributed by atoms with Crippen molar-refractivity contribution in [2.24, 2.45) is 0 Å². The van der Waals surface area contributed by atoms with Crippen molar-refractivity contribution in [2.75, 3.05) is 5.32 Å². The largest absolute Gasteiger partial charge is 0.471 e. The van der Waals surface area contributed by atoms with Crippen molar-refractivity contribution in [3.05, 3.63) is 54.1 Å². The lowest BCUT2D eigenvalue weighted by atomic mass is 10.1. The van der Waals surface area contributed by atoms with Crippen LogP contribution in [0.25, 0.3) is 22.9 Å². The molecule has 3 aromatic rings. The van der Waals surface area contributed by atoms with Gasteiger partial charge < -0.3 is 9.73 Å². The molecule has 128 valence electrons. The van der Waals surface area contributed by atoms with Gasteiger partial charge in [-0.2, -0.15) is 13.2 Å². The number of anilines is 1. The van der Waals surface area contributed by atoms with Gasteiger partial charge in [-0.3, -0.25) is 4.79 Å². The monoisotopic (exact) mass is 347 g/mol. The summed E-state index contributed by atoms with van der Waals surface area (Å²) in [5.41, 5.74) is 2.14. The number of aromatic nitrogens is 2. The fourth-order valence-electron chi connectivity index (χ4n) is 2.17. The third-order valence-electron chi connectivity index (χ3n) is 3.31. The third kappa shape index (κ3) is 3.85. The number of nitrogens with zero attached hydrogens (tertiary/aromatic N) is 2. The molecule has 0 fully saturated rings. The van der Waals surface area contributed by atoms with Crippen molar-refractivity contribution in [3.8, 4) is 22.9 Å². The summed E-state index contributed by atoms with van der Waals surface area (Å²) in [7, 11) is 0. The highest BCUT2D eigenvalue weighted by molar-refractivity contribution is 5.95. The number of carbonyl (C=O) groups excluding carboxylic acids is 1. The van der Waals surface area contributed by atoms with E-state index in [1.807, 2.05) is 31.2 Å². The molecule has 0 aliphatic rings. The van der Waals surface area contributed by atoms with Crippen LogP contribution < -0.4 is 5.32 Å². The molecule has 2 aromatic carbocycles. The summed E-state index contributed by atoms with van der Waals surface area (Å²) in [5.74, 6) is -1.61. The van der Waals surface area contributed by atoms with Crippen LogP contribution in [0.1, 0.15) is 5.56 Å². The third-order valence-corrected chi connectivity index (χ3v) is 3.31. The van der Waals surface area contributed by atoms with Crippen molar-refractivity contribution in [1.82, 2.24) is 10.2 Å². The topological polar surface area (TPSA) is 68.0 Å². The highest BCUT2D eigenvalue weighted by atomic mass is 19.4. The SMILES string of the molecule is Cc1cccc(-c2nnc(-c3cccc(NC(=O)C(F)(F)F)c3)o2)c1. The first-order chi connectivity index (χ1) is 11.8. The summed E-state index contributed by atoms with van der Waals surface area (Å²) in [6.45, 7) is 1.92. The second kappa shape index (κ2) is 6.39. The molecular weight excluding hydrogens is 335 g/mol. The zero-order valence-electron chi connectivity index (χ0n) is 13.0.